The van der Waals surface area contributed by atoms with Crippen molar-refractivity contribution in [3.8, 4) is 0 Å². The van der Waals surface area contributed by atoms with E-state index in [1.54, 1.807) is 15.9 Å². The lowest BCUT2D eigenvalue weighted by atomic mass is 9.94. The maximum atomic E-state index is 12.7. The van der Waals surface area contributed by atoms with Crippen LogP contribution in [-0.2, 0) is 22.5 Å². The third-order valence-electron chi connectivity index (χ3n) is 6.06. The molecule has 0 saturated carbocycles. The van der Waals surface area contributed by atoms with Gasteiger partial charge in [0.25, 0.3) is 5.91 Å². The van der Waals surface area contributed by atoms with E-state index >= 15 is 0 Å². The molecule has 2 N–H and O–H groups in total. The second-order valence-corrected chi connectivity index (χ2v) is 10.0. The van der Waals surface area contributed by atoms with Crippen molar-refractivity contribution in [2.75, 3.05) is 39.4 Å². The first kappa shape index (κ1) is 20.7. The molecule has 1 amide bonds. The summed E-state index contributed by atoms with van der Waals surface area (Å²) in [7, 11) is 0. The minimum absolute atomic E-state index is 0.197. The molecule has 3 aromatic heterocycles. The number of rotatable bonds is 5. The summed E-state index contributed by atoms with van der Waals surface area (Å²) in [6, 6.07) is 0. The van der Waals surface area contributed by atoms with E-state index in [-0.39, 0.29) is 17.3 Å². The molecule has 31 heavy (non-hydrogen) atoms. The van der Waals surface area contributed by atoms with Crippen molar-refractivity contribution >= 4 is 33.1 Å². The number of hydrogen-bond acceptors (Lipinski definition) is 7. The molecule has 0 aromatic carbocycles. The first-order valence-corrected chi connectivity index (χ1v) is 11.7. The summed E-state index contributed by atoms with van der Waals surface area (Å²) in [6.45, 7) is 12.0. The van der Waals surface area contributed by atoms with Crippen LogP contribution in [0.4, 0.5) is 0 Å². The Morgan fingerprint density at radius 3 is 2.90 bits per heavy atom. The number of carbonyl (C=O) groups is 1. The van der Waals surface area contributed by atoms with Gasteiger partial charge in [0, 0.05) is 24.3 Å². The number of hydrogen-bond donors (Lipinski definition) is 2. The number of quaternary nitrogens is 1. The van der Waals surface area contributed by atoms with Crippen LogP contribution < -0.4 is 10.2 Å². The van der Waals surface area contributed by atoms with Crippen LogP contribution in [0, 0.1) is 6.92 Å². The minimum Gasteiger partial charge on any atom is -0.370 e. The molecule has 2 aliphatic heterocycles. The van der Waals surface area contributed by atoms with Gasteiger partial charge in [0.2, 0.25) is 5.82 Å². The lowest BCUT2D eigenvalue weighted by Crippen LogP contribution is -3.14. The van der Waals surface area contributed by atoms with E-state index in [9.17, 15) is 4.79 Å². The smallest absolute Gasteiger partial charge is 0.290 e. The molecule has 0 bridgehead atoms. The van der Waals surface area contributed by atoms with Gasteiger partial charge in [0.15, 0.2) is 5.65 Å². The number of fused-ring (bicyclic) bond motifs is 5. The van der Waals surface area contributed by atoms with Gasteiger partial charge in [-0.15, -0.1) is 16.4 Å². The van der Waals surface area contributed by atoms with Crippen LogP contribution in [0.15, 0.2) is 0 Å². The zero-order chi connectivity index (χ0) is 21.6. The topological polar surface area (TPSA) is 95.1 Å². The third kappa shape index (κ3) is 4.05. The van der Waals surface area contributed by atoms with Crippen LogP contribution in [-0.4, -0.2) is 70.5 Å². The van der Waals surface area contributed by atoms with Crippen LogP contribution in [0.1, 0.15) is 47.2 Å². The number of nitrogens with zero attached hydrogens (tertiary/aromatic N) is 4. The van der Waals surface area contributed by atoms with Gasteiger partial charge in [-0.2, -0.15) is 4.52 Å². The zero-order valence-electron chi connectivity index (χ0n) is 18.3. The molecular formula is C21H29N6O3S+. The number of carbonyl (C=O) groups excluding carboxylic acids is 1. The largest absolute Gasteiger partial charge is 0.370 e. The molecule has 2 aliphatic rings. The van der Waals surface area contributed by atoms with Gasteiger partial charge >= 0.3 is 0 Å². The fourth-order valence-corrected chi connectivity index (χ4v) is 5.51. The lowest BCUT2D eigenvalue weighted by molar-refractivity contribution is -0.908. The number of morpholine rings is 1. The molecule has 0 spiro atoms. The van der Waals surface area contributed by atoms with Crippen molar-refractivity contribution in [1.82, 2.24) is 24.9 Å². The quantitative estimate of drug-likeness (QED) is 0.557. The fourth-order valence-electron chi connectivity index (χ4n) is 4.37. The molecule has 0 aliphatic carbocycles. The van der Waals surface area contributed by atoms with Gasteiger partial charge in [-0.25, -0.2) is 9.97 Å². The molecular weight excluding hydrogens is 416 g/mol. The Morgan fingerprint density at radius 2 is 2.10 bits per heavy atom. The molecule has 10 heteroatoms. The number of aryl methyl sites for hydroxylation is 1. The van der Waals surface area contributed by atoms with Gasteiger partial charge in [0.1, 0.15) is 23.7 Å². The molecule has 1 saturated heterocycles. The summed E-state index contributed by atoms with van der Waals surface area (Å²) < 4.78 is 13.1. The first-order valence-electron chi connectivity index (χ1n) is 10.9. The summed E-state index contributed by atoms with van der Waals surface area (Å²) in [5.41, 5.74) is 1.70. The molecule has 0 atom stereocenters. The predicted octanol–water partition coefficient (Wildman–Crippen LogP) is 0.534. The van der Waals surface area contributed by atoms with E-state index in [4.69, 9.17) is 14.5 Å². The Bertz CT molecular complexity index is 1130. The Hall–Kier alpha value is -2.14. The Kier molecular flexibility index (Phi) is 5.41. The Morgan fingerprint density at radius 1 is 1.29 bits per heavy atom. The lowest BCUT2D eigenvalue weighted by Gasteiger charge is -2.30. The summed E-state index contributed by atoms with van der Waals surface area (Å²) in [5.74, 6) is 0.687. The zero-order valence-corrected chi connectivity index (χ0v) is 19.1. The maximum absolute atomic E-state index is 12.7. The number of nitrogens with one attached hydrogen (secondary N) is 2. The van der Waals surface area contributed by atoms with Gasteiger partial charge in [-0.1, -0.05) is 0 Å². The molecule has 166 valence electrons. The van der Waals surface area contributed by atoms with Crippen molar-refractivity contribution in [2.45, 2.75) is 45.8 Å². The Balaban J connectivity index is 1.36. The summed E-state index contributed by atoms with van der Waals surface area (Å²) in [4.78, 5) is 25.8. The van der Waals surface area contributed by atoms with E-state index in [2.05, 4.69) is 29.2 Å². The summed E-state index contributed by atoms with van der Waals surface area (Å²) >= 11 is 1.65. The van der Waals surface area contributed by atoms with Gasteiger partial charge in [0.05, 0.1) is 37.4 Å². The van der Waals surface area contributed by atoms with E-state index in [1.807, 2.05) is 6.92 Å². The number of thiophene rings is 1. The van der Waals surface area contributed by atoms with Gasteiger partial charge in [-0.05, 0) is 26.3 Å². The molecule has 9 nitrogen and oxygen atoms in total. The second kappa shape index (κ2) is 8.09. The minimum atomic E-state index is -0.235. The summed E-state index contributed by atoms with van der Waals surface area (Å²) in [5, 5.41) is 8.46. The number of amides is 1. The maximum Gasteiger partial charge on any atom is 0.290 e. The molecule has 1 fully saturated rings. The van der Waals surface area contributed by atoms with Crippen LogP contribution in [0.5, 0.6) is 0 Å². The average molecular weight is 446 g/mol. The standard InChI is InChI=1S/C21H28N6O3S/c1-13-23-20-16(14-11-21(2,3)30-12-15(14)31-20)18-24-17(25-27(13)18)19(28)22-5-4-6-26-7-9-29-10-8-26/h4-12H2,1-3H3,(H,22,28)/p+1. The molecule has 5 rings (SSSR count). The van der Waals surface area contributed by atoms with E-state index in [1.165, 1.54) is 15.3 Å². The second-order valence-electron chi connectivity index (χ2n) is 8.96. The SMILES string of the molecule is Cc1nc2sc3c(c2c2nc(C(=O)NCCC[NH+]4CCOCC4)nn12)CC(C)(C)OC3. The van der Waals surface area contributed by atoms with Crippen LogP contribution in [0.2, 0.25) is 0 Å². The highest BCUT2D eigenvalue weighted by Crippen LogP contribution is 2.39. The monoisotopic (exact) mass is 445 g/mol. The predicted molar refractivity (Wildman–Crippen MR) is 117 cm³/mol. The highest BCUT2D eigenvalue weighted by atomic mass is 32.1. The van der Waals surface area contributed by atoms with Crippen molar-refractivity contribution in [3.63, 3.8) is 0 Å². The Labute approximate surface area is 184 Å². The fraction of sp³-hybridized carbons (Fsp3) is 0.619. The highest BCUT2D eigenvalue weighted by Gasteiger charge is 2.31. The van der Waals surface area contributed by atoms with Gasteiger partial charge in [-0.3, -0.25) is 4.79 Å². The average Bonchev–Trinajstić information content (AvgIpc) is 3.33. The molecule has 5 heterocycles. The van der Waals surface area contributed by atoms with Gasteiger partial charge < -0.3 is 19.7 Å². The molecule has 0 radical (unpaired) electrons. The third-order valence-corrected chi connectivity index (χ3v) is 7.16. The van der Waals surface area contributed by atoms with Crippen molar-refractivity contribution in [3.05, 3.63) is 22.1 Å². The van der Waals surface area contributed by atoms with Crippen molar-refractivity contribution < 1.29 is 19.2 Å². The van der Waals surface area contributed by atoms with Crippen LogP contribution in [0.3, 0.4) is 0 Å². The number of aromatic nitrogens is 4. The van der Waals surface area contributed by atoms with Crippen molar-refractivity contribution in [1.29, 1.82) is 0 Å². The van der Waals surface area contributed by atoms with E-state index in [0.29, 0.717) is 18.8 Å². The molecule has 0 unspecified atom stereocenters. The highest BCUT2D eigenvalue weighted by molar-refractivity contribution is 7.19. The van der Waals surface area contributed by atoms with Crippen LogP contribution >= 0.6 is 11.3 Å². The number of ether oxygens (including phenoxy) is 2. The summed E-state index contributed by atoms with van der Waals surface area (Å²) in [6.07, 6.45) is 1.72. The van der Waals surface area contributed by atoms with Crippen molar-refractivity contribution in [2.24, 2.45) is 0 Å². The normalized spacial score (nSPS) is 19.1. The first-order chi connectivity index (χ1) is 14.9. The molecule has 3 aromatic rings. The van der Waals surface area contributed by atoms with Crippen LogP contribution in [0.25, 0.3) is 15.9 Å². The van der Waals surface area contributed by atoms with E-state index in [0.717, 1.165) is 61.7 Å². The van der Waals surface area contributed by atoms with E-state index < -0.39 is 0 Å².